The zero-order valence-corrected chi connectivity index (χ0v) is 27.9. The summed E-state index contributed by atoms with van der Waals surface area (Å²) in [6.45, 7) is 4.15. The second-order valence-corrected chi connectivity index (χ2v) is 13.7. The summed E-state index contributed by atoms with van der Waals surface area (Å²) in [7, 11) is 1.48. The van der Waals surface area contributed by atoms with Crippen LogP contribution in [0, 0.1) is 0 Å². The number of ether oxygens (including phenoxy) is 2. The normalized spacial score (nSPS) is 14.0. The Kier molecular flexibility index (Phi) is 24.9. The fourth-order valence-corrected chi connectivity index (χ4v) is 4.97. The zero-order chi connectivity index (χ0) is 30.8. The van der Waals surface area contributed by atoms with Gasteiger partial charge in [0.05, 0.1) is 27.7 Å². The van der Waals surface area contributed by atoms with Gasteiger partial charge in [0.1, 0.15) is 19.8 Å². The molecule has 0 aliphatic carbocycles. The molecular formula is C31H63NO8P+. The minimum atomic E-state index is -4.34. The SMILES string of the molecule is CCCCCCCCCCCCCCCCCC(=O)O[C@H](COC(=O)CCCC)COP(=O)(O)OCC[N+](C)(C)C. The molecule has 1 N–H and O–H groups in total. The molecule has 0 aliphatic heterocycles. The fourth-order valence-electron chi connectivity index (χ4n) is 4.23. The highest BCUT2D eigenvalue weighted by Gasteiger charge is 2.27. The summed E-state index contributed by atoms with van der Waals surface area (Å²) in [6.07, 6.45) is 19.8. The molecule has 0 heterocycles. The number of carbonyl (C=O) groups excluding carboxylic acids is 2. The number of unbranched alkanes of at least 4 members (excludes halogenated alkanes) is 15. The van der Waals surface area contributed by atoms with Gasteiger partial charge in [-0.25, -0.2) is 4.57 Å². The first-order valence-corrected chi connectivity index (χ1v) is 17.8. The molecule has 0 fully saturated rings. The van der Waals surface area contributed by atoms with Crippen molar-refractivity contribution in [2.75, 3.05) is 47.5 Å². The number of carbonyl (C=O) groups is 2. The van der Waals surface area contributed by atoms with Crippen LogP contribution in [0.4, 0.5) is 0 Å². The lowest BCUT2D eigenvalue weighted by molar-refractivity contribution is -0.870. The summed E-state index contributed by atoms with van der Waals surface area (Å²) in [4.78, 5) is 34.3. The minimum absolute atomic E-state index is 0.0347. The number of quaternary nitrogens is 1. The Morgan fingerprint density at radius 1 is 0.659 bits per heavy atom. The van der Waals surface area contributed by atoms with Crippen molar-refractivity contribution in [1.29, 1.82) is 0 Å². The van der Waals surface area contributed by atoms with Gasteiger partial charge in [-0.05, 0) is 12.8 Å². The standard InChI is InChI=1S/C31H62NO8P/c1-6-8-10-11-12-13-14-15-16-17-18-19-20-21-22-24-31(34)40-29(27-37-30(33)23-9-7-2)28-39-41(35,36)38-26-25-32(3,4)5/h29H,6-28H2,1-5H3/p+1/t29-/m1/s1. The van der Waals surface area contributed by atoms with E-state index in [9.17, 15) is 19.0 Å². The van der Waals surface area contributed by atoms with Gasteiger partial charge in [-0.15, -0.1) is 0 Å². The predicted molar refractivity (Wildman–Crippen MR) is 165 cm³/mol. The van der Waals surface area contributed by atoms with E-state index in [2.05, 4.69) is 6.92 Å². The van der Waals surface area contributed by atoms with Crippen LogP contribution < -0.4 is 0 Å². The quantitative estimate of drug-likeness (QED) is 0.0398. The summed E-state index contributed by atoms with van der Waals surface area (Å²) < 4.78 is 33.6. The molecule has 9 nitrogen and oxygen atoms in total. The van der Waals surface area contributed by atoms with Crippen molar-refractivity contribution in [2.24, 2.45) is 0 Å². The van der Waals surface area contributed by atoms with E-state index in [0.29, 0.717) is 23.9 Å². The van der Waals surface area contributed by atoms with Gasteiger partial charge in [-0.1, -0.05) is 110 Å². The van der Waals surface area contributed by atoms with E-state index in [1.54, 1.807) is 0 Å². The summed E-state index contributed by atoms with van der Waals surface area (Å²) in [5, 5.41) is 0. The van der Waals surface area contributed by atoms with Crippen LogP contribution in [0.15, 0.2) is 0 Å². The number of rotatable bonds is 29. The van der Waals surface area contributed by atoms with Crippen LogP contribution in [-0.4, -0.2) is 74.9 Å². The highest BCUT2D eigenvalue weighted by molar-refractivity contribution is 7.47. The number of phosphoric acid groups is 1. The number of esters is 2. The van der Waals surface area contributed by atoms with Crippen LogP contribution in [0.25, 0.3) is 0 Å². The summed E-state index contributed by atoms with van der Waals surface area (Å²) >= 11 is 0. The third-order valence-electron chi connectivity index (χ3n) is 6.89. The van der Waals surface area contributed by atoms with Crippen molar-refractivity contribution in [3.8, 4) is 0 Å². The van der Waals surface area contributed by atoms with Crippen molar-refractivity contribution in [2.45, 2.75) is 142 Å². The first-order valence-electron chi connectivity index (χ1n) is 16.3. The van der Waals surface area contributed by atoms with Gasteiger partial charge in [0, 0.05) is 12.8 Å². The number of phosphoric ester groups is 1. The molecule has 244 valence electrons. The lowest BCUT2D eigenvalue weighted by atomic mass is 10.0. The van der Waals surface area contributed by atoms with E-state index in [1.165, 1.54) is 77.0 Å². The Morgan fingerprint density at radius 2 is 1.12 bits per heavy atom. The van der Waals surface area contributed by atoms with Gasteiger partial charge >= 0.3 is 19.8 Å². The second-order valence-electron chi connectivity index (χ2n) is 12.2. The van der Waals surface area contributed by atoms with E-state index in [4.69, 9.17) is 18.5 Å². The Labute approximate surface area is 251 Å². The lowest BCUT2D eigenvalue weighted by Gasteiger charge is -2.24. The molecule has 0 aromatic heterocycles. The van der Waals surface area contributed by atoms with Crippen molar-refractivity contribution in [3.05, 3.63) is 0 Å². The highest BCUT2D eigenvalue weighted by atomic mass is 31.2. The molecule has 0 aromatic carbocycles. The summed E-state index contributed by atoms with van der Waals surface area (Å²) in [5.74, 6) is -0.835. The number of nitrogens with zero attached hydrogens (tertiary/aromatic N) is 1. The molecule has 0 radical (unpaired) electrons. The molecule has 0 spiro atoms. The van der Waals surface area contributed by atoms with Crippen molar-refractivity contribution in [1.82, 2.24) is 0 Å². The maximum Gasteiger partial charge on any atom is 0.472 e. The first kappa shape index (κ1) is 40.0. The van der Waals surface area contributed by atoms with Crippen molar-refractivity contribution >= 4 is 19.8 Å². The number of hydrogen-bond donors (Lipinski definition) is 1. The van der Waals surface area contributed by atoms with Gasteiger partial charge in [0.15, 0.2) is 6.10 Å². The van der Waals surface area contributed by atoms with Gasteiger partial charge in [-0.2, -0.15) is 0 Å². The van der Waals surface area contributed by atoms with E-state index in [0.717, 1.165) is 19.3 Å². The molecule has 0 bridgehead atoms. The van der Waals surface area contributed by atoms with Crippen molar-refractivity contribution < 1.29 is 42.1 Å². The smallest absolute Gasteiger partial charge is 0.462 e. The maximum absolute atomic E-state index is 12.4. The van der Waals surface area contributed by atoms with Crippen LogP contribution >= 0.6 is 7.82 Å². The van der Waals surface area contributed by atoms with Crippen LogP contribution in [0.1, 0.15) is 136 Å². The molecule has 10 heteroatoms. The third-order valence-corrected chi connectivity index (χ3v) is 7.87. The minimum Gasteiger partial charge on any atom is -0.462 e. The van der Waals surface area contributed by atoms with E-state index >= 15 is 0 Å². The molecule has 0 saturated heterocycles. The van der Waals surface area contributed by atoms with E-state index < -0.39 is 32.5 Å². The van der Waals surface area contributed by atoms with Crippen LogP contribution in [0.2, 0.25) is 0 Å². The predicted octanol–water partition coefficient (Wildman–Crippen LogP) is 7.73. The molecule has 0 saturated carbocycles. The molecular weight excluding hydrogens is 545 g/mol. The molecule has 0 rings (SSSR count). The van der Waals surface area contributed by atoms with Gasteiger partial charge < -0.3 is 18.9 Å². The first-order chi connectivity index (χ1) is 19.5. The summed E-state index contributed by atoms with van der Waals surface area (Å²) in [5.41, 5.74) is 0. The van der Waals surface area contributed by atoms with Crippen molar-refractivity contribution in [3.63, 3.8) is 0 Å². The summed E-state index contributed by atoms with van der Waals surface area (Å²) in [6, 6.07) is 0. The molecule has 0 aliphatic rings. The van der Waals surface area contributed by atoms with Gasteiger partial charge in [-0.3, -0.25) is 18.6 Å². The van der Waals surface area contributed by atoms with Crippen LogP contribution in [0.5, 0.6) is 0 Å². The molecule has 0 amide bonds. The number of likely N-dealkylation sites (N-methyl/N-ethyl adjacent to an activating group) is 1. The monoisotopic (exact) mass is 608 g/mol. The number of hydrogen-bond acceptors (Lipinski definition) is 7. The third kappa shape index (κ3) is 28.9. The zero-order valence-electron chi connectivity index (χ0n) is 27.0. The Bertz CT molecular complexity index is 698. The largest absolute Gasteiger partial charge is 0.472 e. The lowest BCUT2D eigenvalue weighted by Crippen LogP contribution is -2.37. The van der Waals surface area contributed by atoms with Crippen LogP contribution in [0.3, 0.4) is 0 Å². The Balaban J connectivity index is 4.21. The van der Waals surface area contributed by atoms with Gasteiger partial charge in [0.2, 0.25) is 0 Å². The Hall–Kier alpha value is -0.990. The van der Waals surface area contributed by atoms with Gasteiger partial charge in [0.25, 0.3) is 0 Å². The maximum atomic E-state index is 12.4. The van der Waals surface area contributed by atoms with E-state index in [-0.39, 0.29) is 26.1 Å². The molecule has 2 atom stereocenters. The topological polar surface area (TPSA) is 108 Å². The molecule has 41 heavy (non-hydrogen) atoms. The average Bonchev–Trinajstić information content (AvgIpc) is 2.90. The molecule has 0 aromatic rings. The average molecular weight is 609 g/mol. The second kappa shape index (κ2) is 25.5. The molecule has 1 unspecified atom stereocenters. The highest BCUT2D eigenvalue weighted by Crippen LogP contribution is 2.43. The van der Waals surface area contributed by atoms with Crippen LogP contribution in [-0.2, 0) is 32.7 Å². The fraction of sp³-hybridized carbons (Fsp3) is 0.935. The Morgan fingerprint density at radius 3 is 1.61 bits per heavy atom. The van der Waals surface area contributed by atoms with E-state index in [1.807, 2.05) is 28.1 Å².